The summed E-state index contributed by atoms with van der Waals surface area (Å²) in [6.07, 6.45) is 0. The van der Waals surface area contributed by atoms with Crippen molar-refractivity contribution in [1.29, 1.82) is 0 Å². The van der Waals surface area contributed by atoms with E-state index in [1.807, 2.05) is 24.3 Å². The van der Waals surface area contributed by atoms with Crippen molar-refractivity contribution in [1.82, 2.24) is 0 Å². The first-order valence-corrected chi connectivity index (χ1v) is 3.89. The normalized spacial score (nSPS) is 9.25. The Bertz CT molecular complexity index is 147. The SMILES string of the molecule is Clc1ccc([AsH2])cc1. The molecule has 1 atom stereocenters. The molecular weight excluding hydrogens is 182 g/mol. The molecule has 0 nitrogen and oxygen atoms in total. The van der Waals surface area contributed by atoms with Gasteiger partial charge in [-0.1, -0.05) is 0 Å². The maximum absolute atomic E-state index is 5.62. The van der Waals surface area contributed by atoms with Crippen LogP contribution in [0.3, 0.4) is 0 Å². The van der Waals surface area contributed by atoms with Crippen molar-refractivity contribution in [3.8, 4) is 0 Å². The third-order valence-electron chi connectivity index (χ3n) is 0.870. The van der Waals surface area contributed by atoms with E-state index in [0.717, 1.165) is 5.02 Å². The summed E-state index contributed by atoms with van der Waals surface area (Å²) in [5.41, 5.74) is 0. The van der Waals surface area contributed by atoms with Gasteiger partial charge in [0.15, 0.2) is 0 Å². The van der Waals surface area contributed by atoms with E-state index in [4.69, 9.17) is 11.6 Å². The van der Waals surface area contributed by atoms with Crippen LogP contribution in [0.4, 0.5) is 0 Å². The van der Waals surface area contributed by atoms with E-state index in [0.29, 0.717) is 0 Å². The van der Waals surface area contributed by atoms with Gasteiger partial charge in [0.05, 0.1) is 0 Å². The summed E-state index contributed by atoms with van der Waals surface area (Å²) in [6, 6.07) is 7.84. The summed E-state index contributed by atoms with van der Waals surface area (Å²) in [5.74, 6) is 0. The molecule has 0 aliphatic rings. The summed E-state index contributed by atoms with van der Waals surface area (Å²) in [4.78, 5) is 0. The van der Waals surface area contributed by atoms with E-state index in [-0.39, 0.29) is 0 Å². The molecule has 0 aliphatic heterocycles. The quantitative estimate of drug-likeness (QED) is 0.523. The Labute approximate surface area is 62.4 Å². The monoisotopic (exact) mass is 188 g/mol. The Kier molecular flexibility index (Phi) is 1.99. The first kappa shape index (κ1) is 6.19. The third kappa shape index (κ3) is 1.54. The standard InChI is InChI=1S/C6H6AsCl/c7-5-1-3-6(8)4-2-5/h1-4H,7H2. The zero-order valence-electron chi connectivity index (χ0n) is 4.26. The predicted octanol–water partition coefficient (Wildman–Crippen LogP) is 0.598. The van der Waals surface area contributed by atoms with E-state index in [1.165, 1.54) is 4.35 Å². The number of halogens is 1. The first-order chi connectivity index (χ1) is 3.79. The third-order valence-corrected chi connectivity index (χ3v) is 1.93. The topological polar surface area (TPSA) is 0 Å². The molecule has 0 N–H and O–H groups in total. The van der Waals surface area contributed by atoms with Crippen LogP contribution < -0.4 is 4.35 Å². The van der Waals surface area contributed by atoms with Crippen molar-refractivity contribution in [3.63, 3.8) is 0 Å². The second-order valence-electron chi connectivity index (χ2n) is 1.55. The number of hydrogen-bond donors (Lipinski definition) is 0. The fourth-order valence-electron chi connectivity index (χ4n) is 0.463. The Morgan fingerprint density at radius 2 is 1.62 bits per heavy atom. The molecule has 0 heterocycles. The van der Waals surface area contributed by atoms with Crippen LogP contribution in [-0.2, 0) is 0 Å². The molecule has 2 heteroatoms. The van der Waals surface area contributed by atoms with Gasteiger partial charge in [-0.25, -0.2) is 0 Å². The van der Waals surface area contributed by atoms with Crippen LogP contribution in [0, 0.1) is 0 Å². The molecule has 0 saturated heterocycles. The van der Waals surface area contributed by atoms with Gasteiger partial charge in [-0.3, -0.25) is 0 Å². The Morgan fingerprint density at radius 1 is 1.12 bits per heavy atom. The molecule has 0 spiro atoms. The van der Waals surface area contributed by atoms with Crippen molar-refractivity contribution >= 4 is 32.8 Å². The minimum absolute atomic E-state index is 0.811. The van der Waals surface area contributed by atoms with Crippen LogP contribution in [-0.4, -0.2) is 16.9 Å². The minimum atomic E-state index is 0.811. The second kappa shape index (κ2) is 2.57. The van der Waals surface area contributed by atoms with Gasteiger partial charge < -0.3 is 0 Å². The molecule has 1 rings (SSSR count). The fourth-order valence-corrected chi connectivity index (χ4v) is 0.993. The van der Waals surface area contributed by atoms with Crippen molar-refractivity contribution < 1.29 is 0 Å². The van der Waals surface area contributed by atoms with Crippen LogP contribution in [0.5, 0.6) is 0 Å². The van der Waals surface area contributed by atoms with Gasteiger partial charge in [0, 0.05) is 0 Å². The van der Waals surface area contributed by atoms with Gasteiger partial charge in [-0.15, -0.1) is 0 Å². The summed E-state index contributed by atoms with van der Waals surface area (Å²) < 4.78 is 1.31. The molecule has 0 amide bonds. The van der Waals surface area contributed by atoms with Gasteiger partial charge in [0.1, 0.15) is 0 Å². The molecule has 0 aromatic heterocycles. The van der Waals surface area contributed by atoms with Crippen LogP contribution in [0.2, 0.25) is 5.02 Å². The molecule has 1 aromatic rings. The average Bonchev–Trinajstić information content (AvgIpc) is 1.77. The zero-order chi connectivity index (χ0) is 5.98. The Hall–Kier alpha value is 0.0684. The summed E-state index contributed by atoms with van der Waals surface area (Å²) >= 11 is 7.24. The molecular formula is C6H6AsCl. The van der Waals surface area contributed by atoms with Crippen molar-refractivity contribution in [2.45, 2.75) is 0 Å². The van der Waals surface area contributed by atoms with Gasteiger partial charge in [0.2, 0.25) is 0 Å². The van der Waals surface area contributed by atoms with Crippen LogP contribution in [0.1, 0.15) is 0 Å². The predicted molar refractivity (Wildman–Crippen MR) is 39.6 cm³/mol. The molecule has 0 saturated carbocycles. The first-order valence-electron chi connectivity index (χ1n) is 2.30. The van der Waals surface area contributed by atoms with E-state index in [1.54, 1.807) is 16.9 Å². The van der Waals surface area contributed by atoms with Crippen LogP contribution >= 0.6 is 11.6 Å². The van der Waals surface area contributed by atoms with Crippen molar-refractivity contribution in [3.05, 3.63) is 29.3 Å². The zero-order valence-corrected chi connectivity index (χ0v) is 7.44. The van der Waals surface area contributed by atoms with Crippen molar-refractivity contribution in [2.24, 2.45) is 0 Å². The Balaban J connectivity index is 3.03. The van der Waals surface area contributed by atoms with Gasteiger partial charge in [-0.2, -0.15) is 0 Å². The number of rotatable bonds is 0. The van der Waals surface area contributed by atoms with Crippen LogP contribution in [0.15, 0.2) is 24.3 Å². The van der Waals surface area contributed by atoms with E-state index in [2.05, 4.69) is 0 Å². The van der Waals surface area contributed by atoms with Crippen LogP contribution in [0.25, 0.3) is 0 Å². The summed E-state index contributed by atoms with van der Waals surface area (Å²) in [7, 11) is 0. The van der Waals surface area contributed by atoms with E-state index >= 15 is 0 Å². The van der Waals surface area contributed by atoms with E-state index in [9.17, 15) is 0 Å². The molecule has 0 radical (unpaired) electrons. The van der Waals surface area contributed by atoms with E-state index < -0.39 is 0 Å². The molecule has 1 unspecified atom stereocenters. The molecule has 1 aromatic carbocycles. The number of hydrogen-bond acceptors (Lipinski definition) is 0. The molecule has 0 bridgehead atoms. The average molecular weight is 188 g/mol. The summed E-state index contributed by atoms with van der Waals surface area (Å²) in [5, 5.41) is 0.811. The van der Waals surface area contributed by atoms with Gasteiger partial charge >= 0.3 is 62.1 Å². The number of benzene rings is 1. The van der Waals surface area contributed by atoms with Gasteiger partial charge in [0.25, 0.3) is 0 Å². The van der Waals surface area contributed by atoms with Crippen molar-refractivity contribution in [2.75, 3.05) is 0 Å². The molecule has 0 fully saturated rings. The summed E-state index contributed by atoms with van der Waals surface area (Å²) in [6.45, 7) is 0. The Morgan fingerprint density at radius 3 is 2.00 bits per heavy atom. The molecule has 0 aliphatic carbocycles. The van der Waals surface area contributed by atoms with Gasteiger partial charge in [-0.05, 0) is 0 Å². The fraction of sp³-hybridized carbons (Fsp3) is 0. The second-order valence-corrected chi connectivity index (χ2v) is 3.39. The molecule has 8 heavy (non-hydrogen) atoms. The molecule has 42 valence electrons. The maximum atomic E-state index is 5.62.